The summed E-state index contributed by atoms with van der Waals surface area (Å²) >= 11 is 3.30. The van der Waals surface area contributed by atoms with E-state index in [-0.39, 0.29) is 5.91 Å². The van der Waals surface area contributed by atoms with Crippen molar-refractivity contribution in [1.29, 1.82) is 0 Å². The Morgan fingerprint density at radius 1 is 1.24 bits per heavy atom. The third-order valence-corrected chi connectivity index (χ3v) is 2.75. The first-order valence-electron chi connectivity index (χ1n) is 4.79. The van der Waals surface area contributed by atoms with Crippen LogP contribution in [0.4, 0.5) is 11.4 Å². The highest BCUT2D eigenvalue weighted by atomic mass is 79.9. The number of nitrogens with zero attached hydrogens (tertiary/aromatic N) is 2. The van der Waals surface area contributed by atoms with Crippen molar-refractivity contribution < 1.29 is 4.79 Å². The molecule has 3 N–H and O–H groups in total. The number of carbonyl (C=O) groups is 1. The Morgan fingerprint density at radius 2 is 1.94 bits per heavy atom. The number of amides is 1. The van der Waals surface area contributed by atoms with Crippen LogP contribution >= 0.6 is 15.9 Å². The van der Waals surface area contributed by atoms with Gasteiger partial charge in [0, 0.05) is 18.6 Å². The predicted molar refractivity (Wildman–Crippen MR) is 68.5 cm³/mol. The van der Waals surface area contributed by atoms with Crippen molar-refractivity contribution in [2.24, 2.45) is 0 Å². The van der Waals surface area contributed by atoms with Crippen LogP contribution in [0.5, 0.6) is 0 Å². The van der Waals surface area contributed by atoms with E-state index in [1.807, 2.05) is 0 Å². The van der Waals surface area contributed by atoms with Gasteiger partial charge in [0.1, 0.15) is 0 Å². The number of pyridine rings is 2. The molecule has 0 aromatic carbocycles. The van der Waals surface area contributed by atoms with Gasteiger partial charge in [0.25, 0.3) is 5.91 Å². The summed E-state index contributed by atoms with van der Waals surface area (Å²) in [6.07, 6.45) is 6.16. The molecule has 1 amide bonds. The van der Waals surface area contributed by atoms with Crippen molar-refractivity contribution in [1.82, 2.24) is 9.97 Å². The Bertz CT molecular complexity index is 559. The van der Waals surface area contributed by atoms with Crippen LogP contribution in [0.15, 0.2) is 41.4 Å². The number of hydrogen-bond donors (Lipinski definition) is 2. The van der Waals surface area contributed by atoms with Crippen LogP contribution in [-0.2, 0) is 0 Å². The first-order chi connectivity index (χ1) is 8.18. The van der Waals surface area contributed by atoms with Gasteiger partial charge in [-0.15, -0.1) is 0 Å². The monoisotopic (exact) mass is 292 g/mol. The molecule has 0 aliphatic carbocycles. The molecule has 5 nitrogen and oxygen atoms in total. The summed E-state index contributed by atoms with van der Waals surface area (Å²) < 4.78 is 0.709. The highest BCUT2D eigenvalue weighted by Gasteiger charge is 2.10. The summed E-state index contributed by atoms with van der Waals surface area (Å²) in [6, 6.07) is 3.26. The molecule has 0 aliphatic rings. The summed E-state index contributed by atoms with van der Waals surface area (Å²) in [7, 11) is 0. The summed E-state index contributed by atoms with van der Waals surface area (Å²) in [5, 5.41) is 2.73. The molecule has 0 aliphatic heterocycles. The average molecular weight is 293 g/mol. The van der Waals surface area contributed by atoms with Gasteiger partial charge in [-0.25, -0.2) is 0 Å². The zero-order valence-electron chi connectivity index (χ0n) is 8.72. The molecule has 0 unspecified atom stereocenters. The molecule has 0 radical (unpaired) electrons. The Hall–Kier alpha value is -1.95. The van der Waals surface area contributed by atoms with Crippen molar-refractivity contribution >= 4 is 33.2 Å². The van der Waals surface area contributed by atoms with E-state index < -0.39 is 0 Å². The maximum atomic E-state index is 11.9. The maximum Gasteiger partial charge on any atom is 0.257 e. The Morgan fingerprint density at radius 3 is 2.65 bits per heavy atom. The van der Waals surface area contributed by atoms with E-state index in [1.165, 1.54) is 12.4 Å². The lowest BCUT2D eigenvalue weighted by Crippen LogP contribution is -2.14. The van der Waals surface area contributed by atoms with Gasteiger partial charge in [-0.05, 0) is 28.1 Å². The van der Waals surface area contributed by atoms with Crippen LogP contribution in [0.1, 0.15) is 10.4 Å². The second-order valence-corrected chi connectivity index (χ2v) is 4.13. The van der Waals surface area contributed by atoms with E-state index >= 15 is 0 Å². The first-order valence-corrected chi connectivity index (χ1v) is 5.58. The van der Waals surface area contributed by atoms with Crippen LogP contribution in [0, 0.1) is 0 Å². The Balaban J connectivity index is 2.24. The minimum absolute atomic E-state index is 0.281. The van der Waals surface area contributed by atoms with Gasteiger partial charge in [-0.2, -0.15) is 0 Å². The van der Waals surface area contributed by atoms with Crippen molar-refractivity contribution in [3.63, 3.8) is 0 Å². The van der Waals surface area contributed by atoms with Gasteiger partial charge in [0.15, 0.2) is 0 Å². The third kappa shape index (κ3) is 2.59. The van der Waals surface area contributed by atoms with E-state index in [0.29, 0.717) is 21.4 Å². The lowest BCUT2D eigenvalue weighted by atomic mass is 10.2. The number of carbonyl (C=O) groups excluding carboxylic acids is 1. The number of nitrogen functional groups attached to an aromatic ring is 1. The number of nitrogens with two attached hydrogens (primary N) is 1. The molecule has 0 atom stereocenters. The number of nitrogens with one attached hydrogen (secondary N) is 1. The van der Waals surface area contributed by atoms with Crippen LogP contribution in [0.2, 0.25) is 0 Å². The van der Waals surface area contributed by atoms with E-state index in [4.69, 9.17) is 5.73 Å². The molecule has 0 saturated heterocycles. The molecule has 2 heterocycles. The van der Waals surface area contributed by atoms with Crippen molar-refractivity contribution in [2.45, 2.75) is 0 Å². The highest BCUT2D eigenvalue weighted by Crippen LogP contribution is 2.21. The normalized spacial score (nSPS) is 9.94. The maximum absolute atomic E-state index is 11.9. The lowest BCUT2D eigenvalue weighted by molar-refractivity contribution is 0.102. The smallest absolute Gasteiger partial charge is 0.257 e. The second kappa shape index (κ2) is 4.92. The van der Waals surface area contributed by atoms with Crippen LogP contribution in [0.25, 0.3) is 0 Å². The van der Waals surface area contributed by atoms with Crippen LogP contribution < -0.4 is 11.1 Å². The van der Waals surface area contributed by atoms with Gasteiger partial charge in [0.05, 0.1) is 27.6 Å². The van der Waals surface area contributed by atoms with Gasteiger partial charge in [0.2, 0.25) is 0 Å². The number of aromatic nitrogens is 2. The first kappa shape index (κ1) is 11.5. The van der Waals surface area contributed by atoms with Gasteiger partial charge in [-0.3, -0.25) is 14.8 Å². The standard InChI is InChI=1S/C11H9BrN4O/c12-8-5-14-4-2-10(8)16-11(17)7-1-3-15-6-9(7)13/h1-6H,13H2,(H,14,16,17). The molecule has 17 heavy (non-hydrogen) atoms. The molecular weight excluding hydrogens is 284 g/mol. The van der Waals surface area contributed by atoms with E-state index in [2.05, 4.69) is 31.2 Å². The SMILES string of the molecule is Nc1cnccc1C(=O)Nc1ccncc1Br. The van der Waals surface area contributed by atoms with Gasteiger partial charge in [-0.1, -0.05) is 0 Å². The third-order valence-electron chi connectivity index (χ3n) is 2.12. The molecular formula is C11H9BrN4O. The fourth-order valence-corrected chi connectivity index (χ4v) is 1.63. The van der Waals surface area contributed by atoms with Crippen LogP contribution in [-0.4, -0.2) is 15.9 Å². The molecule has 6 heteroatoms. The Labute approximate surface area is 106 Å². The van der Waals surface area contributed by atoms with Gasteiger partial charge < -0.3 is 11.1 Å². The average Bonchev–Trinajstić information content (AvgIpc) is 2.32. The fourth-order valence-electron chi connectivity index (χ4n) is 1.28. The molecule has 86 valence electrons. The second-order valence-electron chi connectivity index (χ2n) is 3.27. The zero-order chi connectivity index (χ0) is 12.3. The molecule has 0 saturated carbocycles. The molecule has 2 aromatic rings. The van der Waals surface area contributed by atoms with Crippen molar-refractivity contribution in [3.05, 3.63) is 47.0 Å². The van der Waals surface area contributed by atoms with Crippen LogP contribution in [0.3, 0.4) is 0 Å². The number of halogens is 1. The molecule has 2 rings (SSSR count). The molecule has 0 bridgehead atoms. The minimum Gasteiger partial charge on any atom is -0.397 e. The molecule has 2 aromatic heterocycles. The lowest BCUT2D eigenvalue weighted by Gasteiger charge is -2.07. The largest absolute Gasteiger partial charge is 0.397 e. The quantitative estimate of drug-likeness (QED) is 0.888. The summed E-state index contributed by atoms with van der Waals surface area (Å²) in [5.41, 5.74) is 7.04. The minimum atomic E-state index is -0.281. The topological polar surface area (TPSA) is 80.9 Å². The fraction of sp³-hybridized carbons (Fsp3) is 0. The zero-order valence-corrected chi connectivity index (χ0v) is 10.3. The number of rotatable bonds is 2. The van der Waals surface area contributed by atoms with Gasteiger partial charge >= 0.3 is 0 Å². The van der Waals surface area contributed by atoms with E-state index in [9.17, 15) is 4.79 Å². The van der Waals surface area contributed by atoms with Crippen molar-refractivity contribution in [3.8, 4) is 0 Å². The molecule has 0 spiro atoms. The summed E-state index contributed by atoms with van der Waals surface area (Å²) in [5.74, 6) is -0.281. The van der Waals surface area contributed by atoms with E-state index in [0.717, 1.165) is 0 Å². The Kier molecular flexibility index (Phi) is 3.34. The highest BCUT2D eigenvalue weighted by molar-refractivity contribution is 9.10. The summed E-state index contributed by atoms with van der Waals surface area (Å²) in [6.45, 7) is 0. The van der Waals surface area contributed by atoms with Crippen molar-refractivity contribution in [2.75, 3.05) is 11.1 Å². The number of anilines is 2. The molecule has 0 fully saturated rings. The summed E-state index contributed by atoms with van der Waals surface area (Å²) in [4.78, 5) is 19.7. The predicted octanol–water partition coefficient (Wildman–Crippen LogP) is 2.07. The number of hydrogen-bond acceptors (Lipinski definition) is 4. The van der Waals surface area contributed by atoms with E-state index in [1.54, 1.807) is 24.5 Å².